The number of carbonyl (C=O) groups is 3. The van der Waals surface area contributed by atoms with E-state index in [1.54, 1.807) is 0 Å². The van der Waals surface area contributed by atoms with Crippen molar-refractivity contribution in [2.24, 2.45) is 0 Å². The van der Waals surface area contributed by atoms with Crippen molar-refractivity contribution in [2.45, 2.75) is 50.6 Å². The standard InChI is InChI=1S/C13H21N3O3/c1-16-12(18)7-6-10(13(16)19)15-11(17)8-14-9-4-2-3-5-9/h9-10,14H,2-8H2,1H3,(H,15,17). The highest BCUT2D eigenvalue weighted by atomic mass is 16.2. The fourth-order valence-corrected chi connectivity index (χ4v) is 2.66. The summed E-state index contributed by atoms with van der Waals surface area (Å²) in [6.45, 7) is 0.242. The van der Waals surface area contributed by atoms with Crippen LogP contribution in [0.15, 0.2) is 0 Å². The molecule has 3 amide bonds. The summed E-state index contributed by atoms with van der Waals surface area (Å²) in [6, 6.07) is -0.127. The first kappa shape index (κ1) is 14.0. The summed E-state index contributed by atoms with van der Waals surface area (Å²) >= 11 is 0. The fourth-order valence-electron chi connectivity index (χ4n) is 2.66. The Morgan fingerprint density at radius 3 is 2.63 bits per heavy atom. The van der Waals surface area contributed by atoms with Gasteiger partial charge in [0, 0.05) is 19.5 Å². The second-order valence-electron chi connectivity index (χ2n) is 5.31. The van der Waals surface area contributed by atoms with Crippen molar-refractivity contribution in [3.05, 3.63) is 0 Å². The summed E-state index contributed by atoms with van der Waals surface area (Å²) in [7, 11) is 1.46. The quantitative estimate of drug-likeness (QED) is 0.690. The molecule has 0 spiro atoms. The molecule has 2 fully saturated rings. The van der Waals surface area contributed by atoms with Crippen LogP contribution < -0.4 is 10.6 Å². The van der Waals surface area contributed by atoms with E-state index in [9.17, 15) is 14.4 Å². The number of piperidine rings is 1. The van der Waals surface area contributed by atoms with Crippen molar-refractivity contribution in [2.75, 3.05) is 13.6 Å². The number of hydrogen-bond acceptors (Lipinski definition) is 4. The summed E-state index contributed by atoms with van der Waals surface area (Å²) in [5, 5.41) is 5.90. The summed E-state index contributed by atoms with van der Waals surface area (Å²) in [6.07, 6.45) is 5.38. The van der Waals surface area contributed by atoms with Crippen molar-refractivity contribution in [3.8, 4) is 0 Å². The third-order valence-electron chi connectivity index (χ3n) is 3.89. The van der Waals surface area contributed by atoms with Crippen LogP contribution in [-0.2, 0) is 14.4 Å². The summed E-state index contributed by atoms with van der Waals surface area (Å²) in [5.41, 5.74) is 0. The molecule has 2 aliphatic rings. The molecule has 0 aromatic heterocycles. The lowest BCUT2D eigenvalue weighted by Gasteiger charge is -2.28. The molecule has 6 heteroatoms. The lowest BCUT2D eigenvalue weighted by Crippen LogP contribution is -2.54. The minimum Gasteiger partial charge on any atom is -0.343 e. The molecular weight excluding hydrogens is 246 g/mol. The Morgan fingerprint density at radius 2 is 1.95 bits per heavy atom. The highest BCUT2D eigenvalue weighted by Gasteiger charge is 2.32. The molecule has 2 rings (SSSR count). The van der Waals surface area contributed by atoms with Gasteiger partial charge in [0.15, 0.2) is 0 Å². The molecular formula is C13H21N3O3. The largest absolute Gasteiger partial charge is 0.343 e. The van der Waals surface area contributed by atoms with E-state index in [-0.39, 0.29) is 24.3 Å². The molecule has 1 aliphatic heterocycles. The van der Waals surface area contributed by atoms with Gasteiger partial charge in [-0.05, 0) is 19.3 Å². The maximum atomic E-state index is 11.8. The minimum absolute atomic E-state index is 0.173. The van der Waals surface area contributed by atoms with Gasteiger partial charge in [0.05, 0.1) is 6.54 Å². The van der Waals surface area contributed by atoms with Gasteiger partial charge in [0.1, 0.15) is 6.04 Å². The van der Waals surface area contributed by atoms with Gasteiger partial charge in [0.2, 0.25) is 11.8 Å². The van der Waals surface area contributed by atoms with Gasteiger partial charge < -0.3 is 10.6 Å². The van der Waals surface area contributed by atoms with Crippen LogP contribution in [0.5, 0.6) is 0 Å². The number of likely N-dealkylation sites (tertiary alicyclic amines) is 1. The molecule has 0 bridgehead atoms. The molecule has 6 nitrogen and oxygen atoms in total. The zero-order valence-corrected chi connectivity index (χ0v) is 11.3. The third kappa shape index (κ3) is 3.53. The van der Waals surface area contributed by atoms with Gasteiger partial charge in [-0.1, -0.05) is 12.8 Å². The third-order valence-corrected chi connectivity index (χ3v) is 3.89. The molecule has 2 N–H and O–H groups in total. The van der Waals surface area contributed by atoms with Crippen LogP contribution >= 0.6 is 0 Å². The summed E-state index contributed by atoms with van der Waals surface area (Å²) < 4.78 is 0. The Hall–Kier alpha value is -1.43. The van der Waals surface area contributed by atoms with Crippen LogP contribution in [0.25, 0.3) is 0 Å². The molecule has 0 radical (unpaired) electrons. The van der Waals surface area contributed by atoms with Crippen molar-refractivity contribution in [1.82, 2.24) is 15.5 Å². The number of rotatable bonds is 4. The normalized spacial score (nSPS) is 24.9. The highest BCUT2D eigenvalue weighted by molar-refractivity contribution is 6.01. The maximum Gasteiger partial charge on any atom is 0.251 e. The van der Waals surface area contributed by atoms with E-state index < -0.39 is 6.04 Å². The van der Waals surface area contributed by atoms with E-state index in [2.05, 4.69) is 10.6 Å². The van der Waals surface area contributed by atoms with Crippen molar-refractivity contribution in [3.63, 3.8) is 0 Å². The Kier molecular flexibility index (Phi) is 4.52. The van der Waals surface area contributed by atoms with Crippen LogP contribution in [0.1, 0.15) is 38.5 Å². The molecule has 1 heterocycles. The number of hydrogen-bond donors (Lipinski definition) is 2. The summed E-state index contributed by atoms with van der Waals surface area (Å²) in [4.78, 5) is 36.0. The maximum absolute atomic E-state index is 11.8. The number of nitrogens with zero attached hydrogens (tertiary/aromatic N) is 1. The zero-order valence-electron chi connectivity index (χ0n) is 11.3. The molecule has 1 unspecified atom stereocenters. The Bertz CT molecular complexity index is 377. The number of carbonyl (C=O) groups excluding carboxylic acids is 3. The molecule has 0 aromatic carbocycles. The fraction of sp³-hybridized carbons (Fsp3) is 0.769. The average Bonchev–Trinajstić information content (AvgIpc) is 2.90. The smallest absolute Gasteiger partial charge is 0.251 e. The lowest BCUT2D eigenvalue weighted by atomic mass is 10.0. The second kappa shape index (κ2) is 6.14. The topological polar surface area (TPSA) is 78.5 Å². The van der Waals surface area contributed by atoms with E-state index >= 15 is 0 Å². The Balaban J connectivity index is 1.75. The van der Waals surface area contributed by atoms with Gasteiger partial charge in [0.25, 0.3) is 5.91 Å². The predicted octanol–water partition coefficient (Wildman–Crippen LogP) is -0.218. The Labute approximate surface area is 112 Å². The first-order chi connectivity index (χ1) is 9.08. The summed E-state index contributed by atoms with van der Waals surface area (Å²) in [5.74, 6) is -0.668. The Morgan fingerprint density at radius 1 is 1.26 bits per heavy atom. The molecule has 106 valence electrons. The van der Waals surface area contributed by atoms with Gasteiger partial charge >= 0.3 is 0 Å². The van der Waals surface area contributed by atoms with Crippen molar-refractivity contribution < 1.29 is 14.4 Å². The second-order valence-corrected chi connectivity index (χ2v) is 5.31. The van der Waals surface area contributed by atoms with E-state index in [4.69, 9.17) is 0 Å². The van der Waals surface area contributed by atoms with Crippen LogP contribution in [0.4, 0.5) is 0 Å². The molecule has 1 saturated heterocycles. The van der Waals surface area contributed by atoms with Gasteiger partial charge in [-0.2, -0.15) is 0 Å². The van der Waals surface area contributed by atoms with Crippen LogP contribution in [-0.4, -0.2) is 48.3 Å². The number of imide groups is 1. The molecule has 19 heavy (non-hydrogen) atoms. The zero-order chi connectivity index (χ0) is 13.8. The molecule has 0 aromatic rings. The number of amides is 3. The predicted molar refractivity (Wildman–Crippen MR) is 69.2 cm³/mol. The molecule has 1 aliphatic carbocycles. The first-order valence-electron chi connectivity index (χ1n) is 6.91. The first-order valence-corrected chi connectivity index (χ1v) is 6.91. The monoisotopic (exact) mass is 267 g/mol. The van der Waals surface area contributed by atoms with Crippen molar-refractivity contribution >= 4 is 17.7 Å². The SMILES string of the molecule is CN1C(=O)CCC(NC(=O)CNC2CCCC2)C1=O. The van der Waals surface area contributed by atoms with Crippen LogP contribution in [0.2, 0.25) is 0 Å². The van der Waals surface area contributed by atoms with E-state index in [1.807, 2.05) is 0 Å². The van der Waals surface area contributed by atoms with Crippen LogP contribution in [0, 0.1) is 0 Å². The number of nitrogens with one attached hydrogen (secondary N) is 2. The van der Waals surface area contributed by atoms with Gasteiger partial charge in [-0.15, -0.1) is 0 Å². The lowest BCUT2D eigenvalue weighted by molar-refractivity contribution is -0.149. The molecule has 1 saturated carbocycles. The van der Waals surface area contributed by atoms with E-state index in [0.29, 0.717) is 18.9 Å². The van der Waals surface area contributed by atoms with Gasteiger partial charge in [-0.3, -0.25) is 19.3 Å². The van der Waals surface area contributed by atoms with E-state index in [1.165, 1.54) is 19.9 Å². The van der Waals surface area contributed by atoms with Crippen molar-refractivity contribution in [1.29, 1.82) is 0 Å². The minimum atomic E-state index is -0.555. The average molecular weight is 267 g/mol. The van der Waals surface area contributed by atoms with Crippen LogP contribution in [0.3, 0.4) is 0 Å². The van der Waals surface area contributed by atoms with Gasteiger partial charge in [-0.25, -0.2) is 0 Å². The highest BCUT2D eigenvalue weighted by Crippen LogP contribution is 2.17. The number of likely N-dealkylation sites (N-methyl/N-ethyl adjacent to an activating group) is 1. The van der Waals surface area contributed by atoms with E-state index in [0.717, 1.165) is 17.7 Å². The molecule has 1 atom stereocenters.